The van der Waals surface area contributed by atoms with Gasteiger partial charge in [-0.05, 0) is 24.3 Å². The number of anilines is 1. The van der Waals surface area contributed by atoms with Crippen molar-refractivity contribution in [1.82, 2.24) is 14.9 Å². The molecule has 3 aromatic rings. The van der Waals surface area contributed by atoms with E-state index in [0.717, 1.165) is 29.5 Å². The van der Waals surface area contributed by atoms with Crippen molar-refractivity contribution < 1.29 is 19.1 Å². The number of fused-ring (bicyclic) bond motifs is 1. The predicted octanol–water partition coefficient (Wildman–Crippen LogP) is 3.21. The van der Waals surface area contributed by atoms with Crippen LogP contribution in [-0.4, -0.2) is 53.0 Å². The number of hydrogen-bond donors (Lipinski definition) is 2. The van der Waals surface area contributed by atoms with Gasteiger partial charge >= 0.3 is 0 Å². The Hall–Kier alpha value is -3.55. The lowest BCUT2D eigenvalue weighted by molar-refractivity contribution is -0.114. The monoisotopic (exact) mass is 408 g/mol. The van der Waals surface area contributed by atoms with Crippen molar-refractivity contribution in [2.24, 2.45) is 0 Å². The number of aromatic amines is 1. The number of hydrogen-bond acceptors (Lipinski definition) is 5. The molecule has 8 nitrogen and oxygen atoms in total. The second kappa shape index (κ2) is 8.44. The van der Waals surface area contributed by atoms with Crippen molar-refractivity contribution in [2.75, 3.05) is 25.5 Å². The Labute approximate surface area is 174 Å². The highest BCUT2D eigenvalue weighted by molar-refractivity contribution is 5.98. The molecule has 0 atom stereocenters. The first-order valence-electron chi connectivity index (χ1n) is 9.88. The smallest absolute Gasteiger partial charge is 0.270 e. The van der Waals surface area contributed by atoms with E-state index < -0.39 is 0 Å². The number of aromatic nitrogens is 2. The molecule has 0 bridgehead atoms. The van der Waals surface area contributed by atoms with Crippen molar-refractivity contribution in [1.29, 1.82) is 0 Å². The minimum atomic E-state index is -0.142. The van der Waals surface area contributed by atoms with E-state index >= 15 is 0 Å². The van der Waals surface area contributed by atoms with Crippen LogP contribution < -0.4 is 14.8 Å². The first-order chi connectivity index (χ1) is 14.5. The maximum atomic E-state index is 12.9. The van der Waals surface area contributed by atoms with E-state index in [9.17, 15) is 9.59 Å². The summed E-state index contributed by atoms with van der Waals surface area (Å²) in [5.41, 5.74) is 2.09. The van der Waals surface area contributed by atoms with Gasteiger partial charge in [-0.3, -0.25) is 9.59 Å². The largest absolute Gasteiger partial charge is 0.497 e. The number of amides is 2. The van der Waals surface area contributed by atoms with E-state index in [0.29, 0.717) is 30.4 Å². The van der Waals surface area contributed by atoms with Crippen molar-refractivity contribution in [3.63, 3.8) is 0 Å². The zero-order chi connectivity index (χ0) is 21.1. The number of benzene rings is 1. The second-order valence-corrected chi connectivity index (χ2v) is 7.31. The standard InChI is InChI=1S/C22H24N4O4/c1-14(27)24-16-4-6-21(23-13-16)30-17-7-9-26(10-8-17)22(28)20-11-15-3-5-18(29-2)12-19(15)25-20/h3-6,11-13,17,25H,7-10H2,1-2H3,(H,24,27). The normalized spacial score (nSPS) is 14.5. The highest BCUT2D eigenvalue weighted by atomic mass is 16.5. The number of nitrogens with zero attached hydrogens (tertiary/aromatic N) is 2. The van der Waals surface area contributed by atoms with Gasteiger partial charge in [-0.15, -0.1) is 0 Å². The highest BCUT2D eigenvalue weighted by Crippen LogP contribution is 2.24. The van der Waals surface area contributed by atoms with E-state index in [2.05, 4.69) is 15.3 Å². The Morgan fingerprint density at radius 2 is 1.97 bits per heavy atom. The Balaban J connectivity index is 1.33. The lowest BCUT2D eigenvalue weighted by atomic mass is 10.1. The lowest BCUT2D eigenvalue weighted by Gasteiger charge is -2.31. The van der Waals surface area contributed by atoms with Gasteiger partial charge in [-0.2, -0.15) is 0 Å². The van der Waals surface area contributed by atoms with Crippen LogP contribution in [0.4, 0.5) is 5.69 Å². The van der Waals surface area contributed by atoms with Crippen molar-refractivity contribution in [3.8, 4) is 11.6 Å². The molecule has 30 heavy (non-hydrogen) atoms. The van der Waals surface area contributed by atoms with Gasteiger partial charge in [0.05, 0.1) is 19.0 Å². The highest BCUT2D eigenvalue weighted by Gasteiger charge is 2.26. The maximum Gasteiger partial charge on any atom is 0.270 e. The van der Waals surface area contributed by atoms with Crippen LogP contribution in [-0.2, 0) is 4.79 Å². The number of carbonyl (C=O) groups excluding carboxylic acids is 2. The lowest BCUT2D eigenvalue weighted by Crippen LogP contribution is -2.42. The molecule has 0 unspecified atom stereocenters. The molecule has 0 saturated carbocycles. The molecule has 1 saturated heterocycles. The third-order valence-corrected chi connectivity index (χ3v) is 5.13. The van der Waals surface area contributed by atoms with E-state index in [4.69, 9.17) is 9.47 Å². The number of pyridine rings is 1. The number of ether oxygens (including phenoxy) is 2. The molecule has 0 radical (unpaired) electrons. The number of nitrogens with one attached hydrogen (secondary N) is 2. The van der Waals surface area contributed by atoms with Crippen LogP contribution in [0.3, 0.4) is 0 Å². The summed E-state index contributed by atoms with van der Waals surface area (Å²) in [6.45, 7) is 2.69. The fourth-order valence-electron chi connectivity index (χ4n) is 3.59. The molecule has 2 amide bonds. The van der Waals surface area contributed by atoms with E-state index in [1.807, 2.05) is 29.2 Å². The third-order valence-electron chi connectivity index (χ3n) is 5.13. The molecule has 4 rings (SSSR count). The van der Waals surface area contributed by atoms with Gasteiger partial charge in [0.1, 0.15) is 17.5 Å². The first kappa shape index (κ1) is 19.8. The van der Waals surface area contributed by atoms with Crippen LogP contribution >= 0.6 is 0 Å². The predicted molar refractivity (Wildman–Crippen MR) is 113 cm³/mol. The molecule has 1 aliphatic heterocycles. The van der Waals surface area contributed by atoms with Crippen LogP contribution in [0.15, 0.2) is 42.6 Å². The molecular weight excluding hydrogens is 384 g/mol. The zero-order valence-corrected chi connectivity index (χ0v) is 17.0. The second-order valence-electron chi connectivity index (χ2n) is 7.31. The Morgan fingerprint density at radius 1 is 1.17 bits per heavy atom. The summed E-state index contributed by atoms with van der Waals surface area (Å²) in [6.07, 6.45) is 3.03. The van der Waals surface area contributed by atoms with Crippen LogP contribution in [0.2, 0.25) is 0 Å². The third kappa shape index (κ3) is 4.37. The Morgan fingerprint density at radius 3 is 2.63 bits per heavy atom. The number of methoxy groups -OCH3 is 1. The minimum Gasteiger partial charge on any atom is -0.497 e. The van der Waals surface area contributed by atoms with Gasteiger partial charge in [0, 0.05) is 55.9 Å². The molecule has 0 aliphatic carbocycles. The average Bonchev–Trinajstić information content (AvgIpc) is 3.18. The number of rotatable bonds is 5. The summed E-state index contributed by atoms with van der Waals surface area (Å²) in [7, 11) is 1.62. The van der Waals surface area contributed by atoms with E-state index in [1.54, 1.807) is 25.4 Å². The van der Waals surface area contributed by atoms with Crippen molar-refractivity contribution in [2.45, 2.75) is 25.9 Å². The fourth-order valence-corrected chi connectivity index (χ4v) is 3.59. The molecule has 1 fully saturated rings. The summed E-state index contributed by atoms with van der Waals surface area (Å²) in [4.78, 5) is 33.2. The van der Waals surface area contributed by atoms with Crippen molar-refractivity contribution in [3.05, 3.63) is 48.3 Å². The van der Waals surface area contributed by atoms with Crippen LogP contribution in [0.25, 0.3) is 10.9 Å². The zero-order valence-electron chi connectivity index (χ0n) is 17.0. The van der Waals surface area contributed by atoms with Crippen LogP contribution in [0.5, 0.6) is 11.6 Å². The Kier molecular flexibility index (Phi) is 5.56. The fraction of sp³-hybridized carbons (Fsp3) is 0.318. The van der Waals surface area contributed by atoms with Gasteiger partial charge in [0.25, 0.3) is 5.91 Å². The number of piperidine rings is 1. The maximum absolute atomic E-state index is 12.9. The quantitative estimate of drug-likeness (QED) is 0.676. The molecule has 2 aromatic heterocycles. The van der Waals surface area contributed by atoms with Gasteiger partial charge in [-0.1, -0.05) is 0 Å². The van der Waals surface area contributed by atoms with Gasteiger partial charge in [-0.25, -0.2) is 4.98 Å². The molecular formula is C22H24N4O4. The molecule has 1 aliphatic rings. The number of carbonyl (C=O) groups is 2. The van der Waals surface area contributed by atoms with Crippen molar-refractivity contribution >= 4 is 28.4 Å². The van der Waals surface area contributed by atoms with Gasteiger partial charge < -0.3 is 24.7 Å². The van der Waals surface area contributed by atoms with Crippen LogP contribution in [0, 0.1) is 0 Å². The summed E-state index contributed by atoms with van der Waals surface area (Å²) in [5, 5.41) is 3.65. The summed E-state index contributed by atoms with van der Waals surface area (Å²) in [5.74, 6) is 1.11. The Bertz CT molecular complexity index is 1050. The molecule has 8 heteroatoms. The minimum absolute atomic E-state index is 0.000131. The van der Waals surface area contributed by atoms with Gasteiger partial charge in [0.15, 0.2) is 0 Å². The van der Waals surface area contributed by atoms with E-state index in [1.165, 1.54) is 6.92 Å². The van der Waals surface area contributed by atoms with Gasteiger partial charge in [0.2, 0.25) is 11.8 Å². The summed E-state index contributed by atoms with van der Waals surface area (Å²) < 4.78 is 11.2. The topological polar surface area (TPSA) is 96.6 Å². The van der Waals surface area contributed by atoms with Crippen LogP contribution in [0.1, 0.15) is 30.3 Å². The number of likely N-dealkylation sites (tertiary alicyclic amines) is 1. The molecule has 156 valence electrons. The summed E-state index contributed by atoms with van der Waals surface area (Å²) >= 11 is 0. The number of H-pyrrole nitrogens is 1. The summed E-state index contributed by atoms with van der Waals surface area (Å²) in [6, 6.07) is 11.1. The first-order valence-corrected chi connectivity index (χ1v) is 9.88. The SMILES string of the molecule is COc1ccc2cc(C(=O)N3CCC(Oc4ccc(NC(C)=O)cn4)CC3)[nH]c2c1. The average molecular weight is 408 g/mol. The molecule has 0 spiro atoms. The molecule has 1 aromatic carbocycles. The molecule has 3 heterocycles. The molecule has 2 N–H and O–H groups in total. The van der Waals surface area contributed by atoms with E-state index in [-0.39, 0.29) is 17.9 Å².